The first-order valence-corrected chi connectivity index (χ1v) is 12.9. The quantitative estimate of drug-likeness (QED) is 0.337. The number of dihydropyridines is 1. The highest BCUT2D eigenvalue weighted by Crippen LogP contribution is 2.47. The van der Waals surface area contributed by atoms with Crippen LogP contribution in [0.5, 0.6) is 23.0 Å². The van der Waals surface area contributed by atoms with Crippen LogP contribution < -0.4 is 19.5 Å². The van der Waals surface area contributed by atoms with E-state index in [0.717, 1.165) is 11.3 Å². The zero-order chi connectivity index (χ0) is 28.1. The smallest absolute Gasteiger partial charge is 0.336 e. The monoisotopic (exact) mass is 537 g/mol. The van der Waals surface area contributed by atoms with E-state index >= 15 is 0 Å². The molecule has 1 heterocycles. The second-order valence-corrected chi connectivity index (χ2v) is 9.40. The fourth-order valence-electron chi connectivity index (χ4n) is 5.29. The van der Waals surface area contributed by atoms with Crippen molar-refractivity contribution >= 4 is 11.8 Å². The van der Waals surface area contributed by atoms with Gasteiger partial charge in [-0.25, -0.2) is 4.79 Å². The summed E-state index contributed by atoms with van der Waals surface area (Å²) < 4.78 is 26.9. The van der Waals surface area contributed by atoms with Gasteiger partial charge in [-0.05, 0) is 61.6 Å². The lowest BCUT2D eigenvalue weighted by molar-refractivity contribution is -0.140. The van der Waals surface area contributed by atoms with E-state index in [2.05, 4.69) is 5.32 Å². The van der Waals surface area contributed by atoms with Crippen LogP contribution in [-0.4, -0.2) is 58.0 Å². The number of phenols is 1. The second-order valence-electron chi connectivity index (χ2n) is 9.40. The maximum atomic E-state index is 13.8. The number of rotatable bonds is 10. The lowest BCUT2D eigenvalue weighted by Crippen LogP contribution is -2.36. The van der Waals surface area contributed by atoms with Gasteiger partial charge in [0, 0.05) is 35.9 Å². The summed E-state index contributed by atoms with van der Waals surface area (Å²) in [7, 11) is 4.62. The highest BCUT2D eigenvalue weighted by molar-refractivity contribution is 6.04. The number of allylic oxidation sites excluding steroid dienone is 3. The zero-order valence-electron chi connectivity index (χ0n) is 23.0. The van der Waals surface area contributed by atoms with Crippen molar-refractivity contribution < 1.29 is 38.4 Å². The molecular weight excluding hydrogens is 502 g/mol. The van der Waals surface area contributed by atoms with E-state index in [-0.39, 0.29) is 37.1 Å². The Morgan fingerprint density at radius 1 is 0.949 bits per heavy atom. The van der Waals surface area contributed by atoms with Gasteiger partial charge < -0.3 is 34.1 Å². The number of ether oxygens (including phenoxy) is 5. The van der Waals surface area contributed by atoms with Gasteiger partial charge in [-0.2, -0.15) is 0 Å². The second kappa shape index (κ2) is 12.3. The van der Waals surface area contributed by atoms with E-state index in [9.17, 15) is 14.7 Å². The molecule has 0 radical (unpaired) electrons. The molecule has 2 aromatic carbocycles. The molecule has 1 aliphatic carbocycles. The molecule has 1 aliphatic heterocycles. The van der Waals surface area contributed by atoms with E-state index in [4.69, 9.17) is 23.7 Å². The number of esters is 1. The minimum Gasteiger partial charge on any atom is -0.504 e. The van der Waals surface area contributed by atoms with Gasteiger partial charge >= 0.3 is 5.97 Å². The van der Waals surface area contributed by atoms with E-state index in [0.29, 0.717) is 52.7 Å². The molecule has 0 amide bonds. The number of phenolic OH excluding ortho intramolecular Hbond substituents is 1. The molecule has 2 aromatic rings. The molecule has 2 atom stereocenters. The van der Waals surface area contributed by atoms with Gasteiger partial charge in [0.25, 0.3) is 0 Å². The molecule has 4 rings (SSSR count). The SMILES string of the molecule is CCOCCOC(=O)C1=C(C)NC2=C(C(=O)C[C@@H](c3ccc(OC)c(OC)c3)C2)[C@H]1c1ccc(OC)c(O)c1. The number of hydrogen-bond donors (Lipinski definition) is 2. The van der Waals surface area contributed by atoms with Crippen LogP contribution in [0.4, 0.5) is 0 Å². The van der Waals surface area contributed by atoms with Crippen LogP contribution in [0.2, 0.25) is 0 Å². The number of Topliss-reactive ketones (excluding diaryl/α,β-unsaturated/α-hetero) is 1. The van der Waals surface area contributed by atoms with Crippen molar-refractivity contribution in [2.45, 2.75) is 38.5 Å². The Morgan fingerprint density at radius 3 is 2.31 bits per heavy atom. The van der Waals surface area contributed by atoms with Crippen LogP contribution in [-0.2, 0) is 19.1 Å². The first-order chi connectivity index (χ1) is 18.8. The van der Waals surface area contributed by atoms with Gasteiger partial charge in [0.1, 0.15) is 6.61 Å². The van der Waals surface area contributed by atoms with Gasteiger partial charge in [0.15, 0.2) is 28.8 Å². The molecule has 0 saturated heterocycles. The minimum absolute atomic E-state index is 0.0798. The van der Waals surface area contributed by atoms with Crippen LogP contribution in [0.25, 0.3) is 0 Å². The third-order valence-corrected chi connectivity index (χ3v) is 7.13. The normalized spacial score (nSPS) is 18.8. The summed E-state index contributed by atoms with van der Waals surface area (Å²) in [6.07, 6.45) is 0.805. The lowest BCUT2D eigenvalue weighted by atomic mass is 9.71. The average molecular weight is 538 g/mol. The van der Waals surface area contributed by atoms with E-state index in [1.807, 2.05) is 25.1 Å². The fourth-order valence-corrected chi connectivity index (χ4v) is 5.29. The Bertz CT molecular complexity index is 1310. The maximum absolute atomic E-state index is 13.8. The van der Waals surface area contributed by atoms with Crippen molar-refractivity contribution in [1.82, 2.24) is 5.32 Å². The molecule has 0 saturated carbocycles. The summed E-state index contributed by atoms with van der Waals surface area (Å²) in [6.45, 7) is 4.54. The van der Waals surface area contributed by atoms with Gasteiger partial charge in [-0.3, -0.25) is 4.79 Å². The number of carbonyl (C=O) groups excluding carboxylic acids is 2. The summed E-state index contributed by atoms with van der Waals surface area (Å²) in [5, 5.41) is 13.9. The fraction of sp³-hybridized carbons (Fsp3) is 0.400. The van der Waals surface area contributed by atoms with Crippen LogP contribution in [0.15, 0.2) is 58.9 Å². The molecule has 0 fully saturated rings. The number of ketones is 1. The summed E-state index contributed by atoms with van der Waals surface area (Å²) >= 11 is 0. The van der Waals surface area contributed by atoms with Crippen molar-refractivity contribution in [2.24, 2.45) is 0 Å². The number of aromatic hydroxyl groups is 1. The first kappa shape index (κ1) is 28.0. The number of benzene rings is 2. The van der Waals surface area contributed by atoms with Crippen LogP contribution in [0.3, 0.4) is 0 Å². The van der Waals surface area contributed by atoms with Gasteiger partial charge in [0.05, 0.1) is 33.5 Å². The number of methoxy groups -OCH3 is 3. The lowest BCUT2D eigenvalue weighted by Gasteiger charge is -2.37. The molecular formula is C30H35NO8. The Balaban J connectivity index is 1.74. The molecule has 0 spiro atoms. The third-order valence-electron chi connectivity index (χ3n) is 7.13. The largest absolute Gasteiger partial charge is 0.504 e. The van der Waals surface area contributed by atoms with Gasteiger partial charge in [-0.1, -0.05) is 12.1 Å². The van der Waals surface area contributed by atoms with Crippen LogP contribution in [0, 0.1) is 0 Å². The number of carbonyl (C=O) groups is 2. The topological polar surface area (TPSA) is 113 Å². The summed E-state index contributed by atoms with van der Waals surface area (Å²) in [4.78, 5) is 27.2. The van der Waals surface area contributed by atoms with Crippen molar-refractivity contribution in [1.29, 1.82) is 0 Å². The van der Waals surface area contributed by atoms with Crippen molar-refractivity contribution in [3.63, 3.8) is 0 Å². The van der Waals surface area contributed by atoms with Crippen molar-refractivity contribution in [3.05, 3.63) is 70.1 Å². The van der Waals surface area contributed by atoms with Crippen LogP contribution >= 0.6 is 0 Å². The molecule has 39 heavy (non-hydrogen) atoms. The van der Waals surface area contributed by atoms with E-state index in [1.165, 1.54) is 13.2 Å². The molecule has 9 nitrogen and oxygen atoms in total. The maximum Gasteiger partial charge on any atom is 0.336 e. The Morgan fingerprint density at radius 2 is 1.64 bits per heavy atom. The molecule has 0 unspecified atom stereocenters. The molecule has 9 heteroatoms. The standard InChI is InChI=1S/C30H35NO8/c1-6-38-11-12-39-30(34)27-17(2)31-21-13-20(18-7-10-25(36-4)26(16-18)37-5)15-23(33)29(21)28(27)19-8-9-24(35-3)22(32)14-19/h7-10,14,16,20,28,31-32H,6,11-13,15H2,1-5H3/t20-,28-/m0/s1. The highest BCUT2D eigenvalue weighted by atomic mass is 16.6. The molecule has 208 valence electrons. The van der Waals surface area contributed by atoms with E-state index < -0.39 is 11.9 Å². The van der Waals surface area contributed by atoms with Crippen molar-refractivity contribution in [3.8, 4) is 23.0 Å². The van der Waals surface area contributed by atoms with Gasteiger partial charge in [-0.15, -0.1) is 0 Å². The molecule has 0 aromatic heterocycles. The number of nitrogens with one attached hydrogen (secondary N) is 1. The van der Waals surface area contributed by atoms with Crippen LogP contribution in [0.1, 0.15) is 49.7 Å². The Kier molecular flexibility index (Phi) is 8.81. The summed E-state index contributed by atoms with van der Waals surface area (Å²) in [5.74, 6) is -0.00566. The molecule has 2 aliphatic rings. The number of hydrogen-bond acceptors (Lipinski definition) is 9. The molecule has 0 bridgehead atoms. The Labute approximate surface area is 228 Å². The molecule has 2 N–H and O–H groups in total. The predicted octanol–water partition coefficient (Wildman–Crippen LogP) is 4.36. The summed E-state index contributed by atoms with van der Waals surface area (Å²) in [6, 6.07) is 10.6. The average Bonchev–Trinajstić information content (AvgIpc) is 2.93. The zero-order valence-corrected chi connectivity index (χ0v) is 23.0. The van der Waals surface area contributed by atoms with Crippen molar-refractivity contribution in [2.75, 3.05) is 41.2 Å². The first-order valence-electron chi connectivity index (χ1n) is 12.9. The predicted molar refractivity (Wildman–Crippen MR) is 144 cm³/mol. The third kappa shape index (κ3) is 5.73. The van der Waals surface area contributed by atoms with Gasteiger partial charge in [0.2, 0.25) is 0 Å². The summed E-state index contributed by atoms with van der Waals surface area (Å²) in [5.41, 5.74) is 3.71. The minimum atomic E-state index is -0.712. The Hall–Kier alpha value is -3.98. The van der Waals surface area contributed by atoms with E-state index in [1.54, 1.807) is 33.3 Å². The highest BCUT2D eigenvalue weighted by Gasteiger charge is 2.41.